The van der Waals surface area contributed by atoms with Gasteiger partial charge in [0, 0.05) is 47.0 Å². The second-order valence-corrected chi connectivity index (χ2v) is 5.64. The van der Waals surface area contributed by atoms with Crippen LogP contribution in [0.5, 0.6) is 0 Å². The standard InChI is InChI=1S/C18H30N4.HI/c1-6-7-8-15-22(5)18(19-2)20-14-13-16-9-11-17(12-10-16)21(3)4;/h6,9-12H,1,7-8,13-15H2,2-5H3,(H,19,20);1H. The van der Waals surface area contributed by atoms with Gasteiger partial charge < -0.3 is 15.1 Å². The summed E-state index contributed by atoms with van der Waals surface area (Å²) in [5.41, 5.74) is 2.57. The van der Waals surface area contributed by atoms with Crippen LogP contribution >= 0.6 is 24.0 Å². The molecule has 5 heteroatoms. The molecule has 0 aromatic heterocycles. The first kappa shape index (κ1) is 21.8. The van der Waals surface area contributed by atoms with Crippen molar-refractivity contribution in [3.8, 4) is 0 Å². The van der Waals surface area contributed by atoms with Gasteiger partial charge in [-0.2, -0.15) is 0 Å². The van der Waals surface area contributed by atoms with Crippen molar-refractivity contribution in [3.63, 3.8) is 0 Å². The van der Waals surface area contributed by atoms with Crippen molar-refractivity contribution < 1.29 is 0 Å². The van der Waals surface area contributed by atoms with E-state index in [4.69, 9.17) is 0 Å². The number of hydrogen-bond acceptors (Lipinski definition) is 2. The number of nitrogens with zero attached hydrogens (tertiary/aromatic N) is 3. The fraction of sp³-hybridized carbons (Fsp3) is 0.500. The summed E-state index contributed by atoms with van der Waals surface area (Å²) in [6.07, 6.45) is 5.10. The number of nitrogens with one attached hydrogen (secondary N) is 1. The number of unbranched alkanes of at least 4 members (excludes halogenated alkanes) is 1. The maximum Gasteiger partial charge on any atom is 0.193 e. The van der Waals surface area contributed by atoms with Crippen LogP contribution < -0.4 is 10.2 Å². The van der Waals surface area contributed by atoms with Gasteiger partial charge in [-0.1, -0.05) is 18.2 Å². The SMILES string of the molecule is C=CCCCN(C)C(=NC)NCCc1ccc(N(C)C)cc1.I. The Kier molecular flexibility index (Phi) is 11.6. The van der Waals surface area contributed by atoms with E-state index < -0.39 is 0 Å². The molecule has 0 atom stereocenters. The van der Waals surface area contributed by atoms with Gasteiger partial charge >= 0.3 is 0 Å². The summed E-state index contributed by atoms with van der Waals surface area (Å²) in [6.45, 7) is 5.63. The van der Waals surface area contributed by atoms with Gasteiger partial charge in [0.1, 0.15) is 0 Å². The minimum Gasteiger partial charge on any atom is -0.378 e. The molecule has 0 aliphatic heterocycles. The van der Waals surface area contributed by atoms with Crippen molar-refractivity contribution in [2.45, 2.75) is 19.3 Å². The Morgan fingerprint density at radius 3 is 2.39 bits per heavy atom. The van der Waals surface area contributed by atoms with Crippen molar-refractivity contribution in [2.75, 3.05) is 46.2 Å². The summed E-state index contributed by atoms with van der Waals surface area (Å²) in [6, 6.07) is 8.69. The molecule has 0 radical (unpaired) electrons. The van der Waals surface area contributed by atoms with Gasteiger partial charge in [0.2, 0.25) is 0 Å². The van der Waals surface area contributed by atoms with E-state index in [1.165, 1.54) is 11.3 Å². The molecule has 0 amide bonds. The van der Waals surface area contributed by atoms with E-state index in [1.54, 1.807) is 0 Å². The topological polar surface area (TPSA) is 30.9 Å². The predicted molar refractivity (Wildman–Crippen MR) is 113 cm³/mol. The molecule has 0 fully saturated rings. The molecule has 1 rings (SSSR count). The zero-order valence-electron chi connectivity index (χ0n) is 14.9. The molecule has 130 valence electrons. The number of halogens is 1. The van der Waals surface area contributed by atoms with Gasteiger partial charge in [-0.25, -0.2) is 0 Å². The lowest BCUT2D eigenvalue weighted by molar-refractivity contribution is 0.470. The molecule has 0 heterocycles. The van der Waals surface area contributed by atoms with Crippen LogP contribution in [0, 0.1) is 0 Å². The van der Waals surface area contributed by atoms with Crippen molar-refractivity contribution in [1.82, 2.24) is 10.2 Å². The Hall–Kier alpha value is -1.24. The van der Waals surface area contributed by atoms with Gasteiger partial charge in [-0.3, -0.25) is 4.99 Å². The minimum atomic E-state index is 0. The average Bonchev–Trinajstić information content (AvgIpc) is 2.52. The zero-order valence-corrected chi connectivity index (χ0v) is 17.2. The van der Waals surface area contributed by atoms with Crippen LogP contribution in [0.1, 0.15) is 18.4 Å². The lowest BCUT2D eigenvalue weighted by atomic mass is 10.1. The van der Waals surface area contributed by atoms with Crippen molar-refractivity contribution in [3.05, 3.63) is 42.5 Å². The number of hydrogen-bond donors (Lipinski definition) is 1. The minimum absolute atomic E-state index is 0. The Labute approximate surface area is 158 Å². The first-order valence-electron chi connectivity index (χ1n) is 7.87. The normalized spacial score (nSPS) is 10.7. The van der Waals surface area contributed by atoms with E-state index in [0.29, 0.717) is 0 Å². The number of allylic oxidation sites excluding steroid dienone is 1. The summed E-state index contributed by atoms with van der Waals surface area (Å²) < 4.78 is 0. The largest absolute Gasteiger partial charge is 0.378 e. The molecule has 0 spiro atoms. The van der Waals surface area contributed by atoms with E-state index in [2.05, 4.69) is 72.1 Å². The quantitative estimate of drug-likeness (QED) is 0.226. The van der Waals surface area contributed by atoms with Crippen LogP contribution in [0.2, 0.25) is 0 Å². The first-order chi connectivity index (χ1) is 10.6. The third-order valence-corrected chi connectivity index (χ3v) is 3.62. The maximum absolute atomic E-state index is 4.33. The first-order valence-corrected chi connectivity index (χ1v) is 7.87. The molecule has 0 unspecified atom stereocenters. The Bertz CT molecular complexity index is 468. The summed E-state index contributed by atoms with van der Waals surface area (Å²) >= 11 is 0. The Balaban J connectivity index is 0.00000484. The van der Waals surface area contributed by atoms with Gasteiger partial charge in [0.25, 0.3) is 0 Å². The molecule has 0 aliphatic rings. The molecule has 1 aromatic carbocycles. The van der Waals surface area contributed by atoms with E-state index in [9.17, 15) is 0 Å². The summed E-state index contributed by atoms with van der Waals surface area (Å²) in [4.78, 5) is 8.61. The monoisotopic (exact) mass is 430 g/mol. The lowest BCUT2D eigenvalue weighted by Crippen LogP contribution is -2.40. The molecular formula is C18H31IN4. The number of anilines is 1. The molecule has 0 bridgehead atoms. The lowest BCUT2D eigenvalue weighted by Gasteiger charge is -2.22. The zero-order chi connectivity index (χ0) is 16.4. The van der Waals surface area contributed by atoms with Crippen LogP contribution in [0.15, 0.2) is 41.9 Å². The number of aliphatic imine (C=N–C) groups is 1. The molecule has 1 aromatic rings. The van der Waals surface area contributed by atoms with Gasteiger partial charge in [-0.15, -0.1) is 30.6 Å². The van der Waals surface area contributed by atoms with Gasteiger partial charge in [-0.05, 0) is 37.0 Å². The summed E-state index contributed by atoms with van der Waals surface area (Å²) in [5.74, 6) is 0.953. The van der Waals surface area contributed by atoms with Crippen LogP contribution in [0.3, 0.4) is 0 Å². The fourth-order valence-corrected chi connectivity index (χ4v) is 2.24. The molecule has 0 aliphatic carbocycles. The van der Waals surface area contributed by atoms with E-state index in [0.717, 1.165) is 38.3 Å². The van der Waals surface area contributed by atoms with E-state index >= 15 is 0 Å². The van der Waals surface area contributed by atoms with Gasteiger partial charge in [0.05, 0.1) is 0 Å². The number of guanidine groups is 1. The number of rotatable bonds is 8. The van der Waals surface area contributed by atoms with E-state index in [-0.39, 0.29) is 24.0 Å². The summed E-state index contributed by atoms with van der Waals surface area (Å²) in [7, 11) is 8.02. The average molecular weight is 430 g/mol. The van der Waals surface area contributed by atoms with Crippen molar-refractivity contribution >= 4 is 35.6 Å². The Morgan fingerprint density at radius 1 is 1.22 bits per heavy atom. The second kappa shape index (κ2) is 12.2. The highest BCUT2D eigenvalue weighted by molar-refractivity contribution is 14.0. The van der Waals surface area contributed by atoms with Crippen molar-refractivity contribution in [1.29, 1.82) is 0 Å². The fourth-order valence-electron chi connectivity index (χ4n) is 2.24. The maximum atomic E-state index is 4.33. The molecule has 0 saturated carbocycles. The van der Waals surface area contributed by atoms with E-state index in [1.807, 2.05) is 13.1 Å². The highest BCUT2D eigenvalue weighted by atomic mass is 127. The van der Waals surface area contributed by atoms with Crippen molar-refractivity contribution in [2.24, 2.45) is 4.99 Å². The summed E-state index contributed by atoms with van der Waals surface area (Å²) in [5, 5.41) is 3.42. The molecule has 1 N–H and O–H groups in total. The Morgan fingerprint density at radius 2 is 1.87 bits per heavy atom. The van der Waals surface area contributed by atoms with Crippen LogP contribution in [-0.4, -0.2) is 52.1 Å². The third kappa shape index (κ3) is 8.25. The van der Waals surface area contributed by atoms with Crippen LogP contribution in [-0.2, 0) is 6.42 Å². The van der Waals surface area contributed by atoms with Crippen LogP contribution in [0.25, 0.3) is 0 Å². The molecule has 23 heavy (non-hydrogen) atoms. The smallest absolute Gasteiger partial charge is 0.193 e. The number of benzene rings is 1. The molecular weight excluding hydrogens is 399 g/mol. The highest BCUT2D eigenvalue weighted by Gasteiger charge is 2.04. The molecule has 0 saturated heterocycles. The second-order valence-electron chi connectivity index (χ2n) is 5.64. The molecule has 4 nitrogen and oxygen atoms in total. The van der Waals surface area contributed by atoms with Crippen LogP contribution in [0.4, 0.5) is 5.69 Å². The van der Waals surface area contributed by atoms with Gasteiger partial charge in [0.15, 0.2) is 5.96 Å². The predicted octanol–water partition coefficient (Wildman–Crippen LogP) is 3.39. The highest BCUT2D eigenvalue weighted by Crippen LogP contribution is 2.12. The third-order valence-electron chi connectivity index (χ3n) is 3.62.